The first kappa shape index (κ1) is 19.6. The molecular weight excluding hydrogens is 334 g/mol. The van der Waals surface area contributed by atoms with Crippen LogP contribution in [-0.4, -0.2) is 18.6 Å². The van der Waals surface area contributed by atoms with Crippen LogP contribution >= 0.6 is 0 Å². The predicted octanol–water partition coefficient (Wildman–Crippen LogP) is 5.17. The molecule has 3 heteroatoms. The molecule has 0 aliphatic heterocycles. The molecule has 1 aliphatic rings. The molecule has 27 heavy (non-hydrogen) atoms. The maximum Gasteiger partial charge on any atom is 0.306 e. The number of aryl methyl sites for hydroxylation is 1. The number of carbonyl (C=O) groups excluding carboxylic acids is 1. The van der Waals surface area contributed by atoms with Crippen LogP contribution in [0.2, 0.25) is 0 Å². The van der Waals surface area contributed by atoms with E-state index in [1.807, 2.05) is 6.92 Å². The van der Waals surface area contributed by atoms with Gasteiger partial charge < -0.3 is 10.1 Å². The fraction of sp³-hybridized carbons (Fsp3) is 0.458. The van der Waals surface area contributed by atoms with E-state index >= 15 is 0 Å². The first-order chi connectivity index (χ1) is 13.2. The lowest BCUT2D eigenvalue weighted by molar-refractivity contribution is -0.143. The van der Waals surface area contributed by atoms with E-state index in [-0.39, 0.29) is 5.97 Å². The summed E-state index contributed by atoms with van der Waals surface area (Å²) in [7, 11) is 0. The lowest BCUT2D eigenvalue weighted by atomic mass is 9.95. The summed E-state index contributed by atoms with van der Waals surface area (Å²) < 4.78 is 5.00. The largest absolute Gasteiger partial charge is 0.466 e. The summed E-state index contributed by atoms with van der Waals surface area (Å²) in [6.07, 6.45) is 4.87. The molecule has 3 rings (SSSR count). The third kappa shape index (κ3) is 5.67. The number of hydrogen-bond donors (Lipinski definition) is 1. The highest BCUT2D eigenvalue weighted by Crippen LogP contribution is 2.35. The standard InChI is InChI=1S/C24H31NO2/c1-3-27-24(26)16-11-19-9-12-21(13-10-19)22-14-15-23(17-22)25-18(2)20-7-5-4-6-8-20/h4-10,12-13,18,22-23,25H,3,11,14-17H2,1-2H3/t18?,22-,23?/m0/s1. The monoisotopic (exact) mass is 365 g/mol. The van der Waals surface area contributed by atoms with Crippen molar-refractivity contribution in [1.29, 1.82) is 0 Å². The van der Waals surface area contributed by atoms with E-state index in [4.69, 9.17) is 4.74 Å². The van der Waals surface area contributed by atoms with Crippen molar-refractivity contribution >= 4 is 5.97 Å². The SMILES string of the molecule is CCOC(=O)CCc1ccc([C@H]2CCC(NC(C)c3ccccc3)C2)cc1. The lowest BCUT2D eigenvalue weighted by Crippen LogP contribution is -2.29. The molecule has 0 saturated heterocycles. The molecule has 2 unspecified atom stereocenters. The zero-order valence-corrected chi connectivity index (χ0v) is 16.5. The number of ether oxygens (including phenoxy) is 1. The van der Waals surface area contributed by atoms with Crippen molar-refractivity contribution in [2.45, 2.75) is 64.0 Å². The van der Waals surface area contributed by atoms with Crippen molar-refractivity contribution in [2.75, 3.05) is 6.61 Å². The Bertz CT molecular complexity index is 711. The molecule has 0 spiro atoms. The van der Waals surface area contributed by atoms with Crippen LogP contribution in [0, 0.1) is 0 Å². The third-order valence-electron chi connectivity index (χ3n) is 5.59. The van der Waals surface area contributed by atoms with Crippen LogP contribution in [0.15, 0.2) is 54.6 Å². The molecule has 3 nitrogen and oxygen atoms in total. The number of carbonyl (C=O) groups is 1. The Hall–Kier alpha value is -2.13. The molecule has 0 heterocycles. The van der Waals surface area contributed by atoms with Gasteiger partial charge in [-0.2, -0.15) is 0 Å². The van der Waals surface area contributed by atoms with E-state index in [0.717, 1.165) is 6.42 Å². The summed E-state index contributed by atoms with van der Waals surface area (Å²) >= 11 is 0. The number of benzene rings is 2. The summed E-state index contributed by atoms with van der Waals surface area (Å²) in [5.41, 5.74) is 3.98. The Morgan fingerprint density at radius 3 is 2.56 bits per heavy atom. The van der Waals surface area contributed by atoms with E-state index in [1.54, 1.807) is 0 Å². The van der Waals surface area contributed by atoms with E-state index in [0.29, 0.717) is 31.0 Å². The van der Waals surface area contributed by atoms with Crippen molar-refractivity contribution in [2.24, 2.45) is 0 Å². The number of hydrogen-bond acceptors (Lipinski definition) is 3. The van der Waals surface area contributed by atoms with E-state index in [9.17, 15) is 4.79 Å². The molecular formula is C24H31NO2. The van der Waals surface area contributed by atoms with Crippen molar-refractivity contribution in [1.82, 2.24) is 5.32 Å². The van der Waals surface area contributed by atoms with Gasteiger partial charge in [0, 0.05) is 18.5 Å². The minimum absolute atomic E-state index is 0.112. The Balaban J connectivity index is 1.49. The predicted molar refractivity (Wildman–Crippen MR) is 110 cm³/mol. The molecule has 0 amide bonds. The maximum absolute atomic E-state index is 11.5. The lowest BCUT2D eigenvalue weighted by Gasteiger charge is -2.20. The van der Waals surface area contributed by atoms with Gasteiger partial charge in [0.25, 0.3) is 0 Å². The molecule has 1 fully saturated rings. The smallest absolute Gasteiger partial charge is 0.306 e. The van der Waals surface area contributed by atoms with Crippen LogP contribution in [0.25, 0.3) is 0 Å². The highest BCUT2D eigenvalue weighted by Gasteiger charge is 2.26. The maximum atomic E-state index is 11.5. The molecule has 1 saturated carbocycles. The molecule has 0 radical (unpaired) electrons. The van der Waals surface area contributed by atoms with Gasteiger partial charge in [0.2, 0.25) is 0 Å². The third-order valence-corrected chi connectivity index (χ3v) is 5.59. The van der Waals surface area contributed by atoms with E-state index in [1.165, 1.54) is 36.0 Å². The molecule has 3 atom stereocenters. The number of esters is 1. The van der Waals surface area contributed by atoms with Crippen LogP contribution < -0.4 is 5.32 Å². The quantitative estimate of drug-likeness (QED) is 0.656. The minimum atomic E-state index is -0.112. The van der Waals surface area contributed by atoms with Crippen LogP contribution in [0.3, 0.4) is 0 Å². The Kier molecular flexibility index (Phi) is 7.05. The number of rotatable bonds is 8. The van der Waals surface area contributed by atoms with Gasteiger partial charge in [-0.05, 0) is 62.1 Å². The zero-order chi connectivity index (χ0) is 19.1. The van der Waals surface area contributed by atoms with Gasteiger partial charge in [-0.15, -0.1) is 0 Å². The van der Waals surface area contributed by atoms with Crippen molar-refractivity contribution < 1.29 is 9.53 Å². The first-order valence-corrected chi connectivity index (χ1v) is 10.2. The number of nitrogens with one attached hydrogen (secondary N) is 1. The molecule has 144 valence electrons. The highest BCUT2D eigenvalue weighted by molar-refractivity contribution is 5.69. The summed E-state index contributed by atoms with van der Waals surface area (Å²) in [5, 5.41) is 3.80. The molecule has 1 aliphatic carbocycles. The second-order valence-corrected chi connectivity index (χ2v) is 7.55. The summed E-state index contributed by atoms with van der Waals surface area (Å²) in [4.78, 5) is 11.5. The van der Waals surface area contributed by atoms with E-state index in [2.05, 4.69) is 66.8 Å². The topological polar surface area (TPSA) is 38.3 Å². The van der Waals surface area contributed by atoms with Crippen LogP contribution in [-0.2, 0) is 16.0 Å². The van der Waals surface area contributed by atoms with Crippen molar-refractivity contribution in [3.63, 3.8) is 0 Å². The highest BCUT2D eigenvalue weighted by atomic mass is 16.5. The minimum Gasteiger partial charge on any atom is -0.466 e. The second-order valence-electron chi connectivity index (χ2n) is 7.55. The fourth-order valence-electron chi connectivity index (χ4n) is 4.06. The zero-order valence-electron chi connectivity index (χ0n) is 16.5. The molecule has 2 aromatic rings. The van der Waals surface area contributed by atoms with Gasteiger partial charge in [0.15, 0.2) is 0 Å². The summed E-state index contributed by atoms with van der Waals surface area (Å²) in [6, 6.07) is 20.5. The van der Waals surface area contributed by atoms with Crippen molar-refractivity contribution in [3.8, 4) is 0 Å². The Labute approximate surface area is 163 Å². The van der Waals surface area contributed by atoms with E-state index < -0.39 is 0 Å². The average Bonchev–Trinajstić information content (AvgIpc) is 3.16. The second kappa shape index (κ2) is 9.70. The first-order valence-electron chi connectivity index (χ1n) is 10.2. The van der Waals surface area contributed by atoms with Gasteiger partial charge in [0.1, 0.15) is 0 Å². The summed E-state index contributed by atoms with van der Waals surface area (Å²) in [6.45, 7) is 4.55. The van der Waals surface area contributed by atoms with Crippen LogP contribution in [0.1, 0.15) is 68.2 Å². The normalized spacial score (nSPS) is 20.4. The fourth-order valence-corrected chi connectivity index (χ4v) is 4.06. The Morgan fingerprint density at radius 2 is 1.85 bits per heavy atom. The van der Waals surface area contributed by atoms with Crippen LogP contribution in [0.5, 0.6) is 0 Å². The van der Waals surface area contributed by atoms with Gasteiger partial charge in [-0.25, -0.2) is 0 Å². The van der Waals surface area contributed by atoms with Crippen molar-refractivity contribution in [3.05, 3.63) is 71.3 Å². The molecule has 2 aromatic carbocycles. The van der Waals surface area contributed by atoms with Gasteiger partial charge >= 0.3 is 5.97 Å². The van der Waals surface area contributed by atoms with Gasteiger partial charge in [-0.1, -0.05) is 54.6 Å². The van der Waals surface area contributed by atoms with Crippen LogP contribution in [0.4, 0.5) is 0 Å². The molecule has 0 aromatic heterocycles. The van der Waals surface area contributed by atoms with Gasteiger partial charge in [-0.3, -0.25) is 4.79 Å². The Morgan fingerprint density at radius 1 is 1.11 bits per heavy atom. The van der Waals surface area contributed by atoms with Gasteiger partial charge in [0.05, 0.1) is 6.61 Å². The average molecular weight is 366 g/mol. The summed E-state index contributed by atoms with van der Waals surface area (Å²) in [5.74, 6) is 0.517. The molecule has 1 N–H and O–H groups in total. The molecule has 0 bridgehead atoms.